The number of carbonyl (C=O) groups excluding carboxylic acids is 1. The fourth-order valence-corrected chi connectivity index (χ4v) is 2.48. The highest BCUT2D eigenvalue weighted by atomic mass is 35.5. The maximum Gasteiger partial charge on any atom is 0.319 e. The third-order valence-electron chi connectivity index (χ3n) is 3.73. The Morgan fingerprint density at radius 1 is 1.00 bits per heavy atom. The van der Waals surface area contributed by atoms with Gasteiger partial charge in [-0.25, -0.2) is 19.7 Å². The normalized spacial score (nSPS) is 10.2. The van der Waals surface area contributed by atoms with Crippen LogP contribution in [0.15, 0.2) is 55.0 Å². The number of nitrogens with one attached hydrogen (secondary N) is 4. The molecule has 0 fully saturated rings. The summed E-state index contributed by atoms with van der Waals surface area (Å²) in [5, 5.41) is 12.3. The molecule has 3 aromatic rings. The number of hydrogen-bond acceptors (Lipinski definition) is 6. The second-order valence-corrected chi connectivity index (χ2v) is 6.31. The molecule has 0 bridgehead atoms. The largest absolute Gasteiger partial charge is 0.368 e. The third kappa shape index (κ3) is 5.82. The number of hydrogen-bond donors (Lipinski definition) is 4. The second-order valence-electron chi connectivity index (χ2n) is 5.90. The van der Waals surface area contributed by atoms with Crippen LogP contribution < -0.4 is 21.3 Å². The molecule has 0 spiro atoms. The number of pyridine rings is 1. The Balaban J connectivity index is 1.43. The molecule has 0 radical (unpaired) electrons. The van der Waals surface area contributed by atoms with Crippen LogP contribution in [0.5, 0.6) is 0 Å². The fraction of sp³-hybridized carbons (Fsp3) is 0.158. The van der Waals surface area contributed by atoms with Crippen LogP contribution in [0.1, 0.15) is 5.56 Å². The van der Waals surface area contributed by atoms with Gasteiger partial charge >= 0.3 is 6.03 Å². The van der Waals surface area contributed by atoms with Gasteiger partial charge in [-0.3, -0.25) is 0 Å². The van der Waals surface area contributed by atoms with Crippen molar-refractivity contribution in [3.05, 3.63) is 65.6 Å². The Morgan fingerprint density at radius 2 is 1.86 bits per heavy atom. The number of aryl methyl sites for hydroxylation is 1. The maximum atomic E-state index is 11.9. The molecule has 2 heterocycles. The van der Waals surface area contributed by atoms with E-state index in [9.17, 15) is 4.79 Å². The smallest absolute Gasteiger partial charge is 0.319 e. The van der Waals surface area contributed by atoms with Crippen molar-refractivity contribution >= 4 is 40.8 Å². The lowest BCUT2D eigenvalue weighted by atomic mass is 10.2. The minimum absolute atomic E-state index is 0.304. The van der Waals surface area contributed by atoms with Crippen LogP contribution in [0.3, 0.4) is 0 Å². The summed E-state index contributed by atoms with van der Waals surface area (Å²) in [5.41, 5.74) is 1.60. The predicted octanol–water partition coefficient (Wildman–Crippen LogP) is 3.81. The molecular weight excluding hydrogens is 378 g/mol. The fourth-order valence-electron chi connectivity index (χ4n) is 2.30. The highest BCUT2D eigenvalue weighted by molar-refractivity contribution is 6.31. The summed E-state index contributed by atoms with van der Waals surface area (Å²) >= 11 is 6.05. The van der Waals surface area contributed by atoms with E-state index in [2.05, 4.69) is 36.2 Å². The molecule has 1 aromatic carbocycles. The average Bonchev–Trinajstić information content (AvgIpc) is 2.69. The van der Waals surface area contributed by atoms with E-state index >= 15 is 0 Å². The van der Waals surface area contributed by atoms with Crippen LogP contribution in [0.2, 0.25) is 5.02 Å². The van der Waals surface area contributed by atoms with Gasteiger partial charge in [-0.05, 0) is 36.8 Å². The van der Waals surface area contributed by atoms with E-state index in [4.69, 9.17) is 11.6 Å². The van der Waals surface area contributed by atoms with Crippen LogP contribution >= 0.6 is 11.6 Å². The Bertz CT molecular complexity index is 937. The standard InChI is InChI=1S/C19H20ClN7O/c1-13-5-6-14(10-15(13)20)26-19(28)23-9-8-22-17-11-18(25-12-24-17)27-16-4-2-3-7-21-16/h2-7,10-12H,8-9H2,1H3,(H2,23,26,28)(H2,21,22,24,25,27). The summed E-state index contributed by atoms with van der Waals surface area (Å²) < 4.78 is 0. The van der Waals surface area contributed by atoms with Crippen LogP contribution in [-0.2, 0) is 0 Å². The first kappa shape index (κ1) is 19.4. The lowest BCUT2D eigenvalue weighted by Crippen LogP contribution is -2.32. The van der Waals surface area contributed by atoms with Crippen molar-refractivity contribution in [2.75, 3.05) is 29.0 Å². The minimum Gasteiger partial charge on any atom is -0.368 e. The topological polar surface area (TPSA) is 104 Å². The SMILES string of the molecule is Cc1ccc(NC(=O)NCCNc2cc(Nc3ccccn3)ncn2)cc1Cl. The molecule has 9 heteroatoms. The molecule has 4 N–H and O–H groups in total. The van der Waals surface area contributed by atoms with Crippen LogP contribution in [0, 0.1) is 6.92 Å². The molecule has 0 aliphatic heterocycles. The van der Waals surface area contributed by atoms with E-state index < -0.39 is 0 Å². The minimum atomic E-state index is -0.304. The molecule has 8 nitrogen and oxygen atoms in total. The van der Waals surface area contributed by atoms with Gasteiger partial charge in [0.05, 0.1) is 0 Å². The summed E-state index contributed by atoms with van der Waals surface area (Å²) in [6, 6.07) is 12.4. The van der Waals surface area contributed by atoms with Gasteiger partial charge in [0, 0.05) is 36.1 Å². The second kappa shape index (κ2) is 9.52. The van der Waals surface area contributed by atoms with E-state index in [1.807, 2.05) is 31.2 Å². The quantitative estimate of drug-likeness (QED) is 0.452. The van der Waals surface area contributed by atoms with E-state index in [1.54, 1.807) is 24.4 Å². The summed E-state index contributed by atoms with van der Waals surface area (Å²) in [6.45, 7) is 2.82. The van der Waals surface area contributed by atoms with Gasteiger partial charge in [0.2, 0.25) is 0 Å². The van der Waals surface area contributed by atoms with E-state index in [0.29, 0.717) is 41.3 Å². The van der Waals surface area contributed by atoms with Gasteiger partial charge in [0.25, 0.3) is 0 Å². The summed E-state index contributed by atoms with van der Waals surface area (Å²) in [7, 11) is 0. The zero-order valence-electron chi connectivity index (χ0n) is 15.2. The highest BCUT2D eigenvalue weighted by Crippen LogP contribution is 2.19. The zero-order valence-corrected chi connectivity index (χ0v) is 16.0. The van der Waals surface area contributed by atoms with Gasteiger partial charge in [0.1, 0.15) is 23.8 Å². The molecular formula is C19H20ClN7O. The van der Waals surface area contributed by atoms with E-state index in [1.165, 1.54) is 6.33 Å². The molecule has 144 valence electrons. The number of aromatic nitrogens is 3. The lowest BCUT2D eigenvalue weighted by molar-refractivity contribution is 0.252. The first-order valence-electron chi connectivity index (χ1n) is 8.65. The van der Waals surface area contributed by atoms with Crippen molar-refractivity contribution in [3.8, 4) is 0 Å². The van der Waals surface area contributed by atoms with E-state index in [-0.39, 0.29) is 6.03 Å². The van der Waals surface area contributed by atoms with Crippen molar-refractivity contribution in [2.45, 2.75) is 6.92 Å². The number of amides is 2. The van der Waals surface area contributed by atoms with Gasteiger partial charge in [-0.1, -0.05) is 23.7 Å². The van der Waals surface area contributed by atoms with Crippen molar-refractivity contribution in [3.63, 3.8) is 0 Å². The number of carbonyl (C=O) groups is 1. The Hall–Kier alpha value is -3.39. The average molecular weight is 398 g/mol. The number of rotatable bonds is 7. The number of urea groups is 1. The molecule has 2 amide bonds. The first-order chi connectivity index (χ1) is 13.6. The Labute approximate surface area is 167 Å². The van der Waals surface area contributed by atoms with Crippen molar-refractivity contribution < 1.29 is 4.79 Å². The van der Waals surface area contributed by atoms with Gasteiger partial charge in [0.15, 0.2) is 0 Å². The van der Waals surface area contributed by atoms with Crippen molar-refractivity contribution in [1.82, 2.24) is 20.3 Å². The zero-order chi connectivity index (χ0) is 19.8. The highest BCUT2D eigenvalue weighted by Gasteiger charge is 2.04. The van der Waals surface area contributed by atoms with Crippen molar-refractivity contribution in [2.24, 2.45) is 0 Å². The first-order valence-corrected chi connectivity index (χ1v) is 9.03. The van der Waals surface area contributed by atoms with Crippen molar-refractivity contribution in [1.29, 1.82) is 0 Å². The van der Waals surface area contributed by atoms with Crippen LogP contribution in [-0.4, -0.2) is 34.1 Å². The summed E-state index contributed by atoms with van der Waals surface area (Å²) in [5.74, 6) is 1.96. The molecule has 0 aliphatic rings. The molecule has 0 atom stereocenters. The molecule has 0 aliphatic carbocycles. The maximum absolute atomic E-state index is 11.9. The Morgan fingerprint density at radius 3 is 2.64 bits per heavy atom. The third-order valence-corrected chi connectivity index (χ3v) is 4.14. The van der Waals surface area contributed by atoms with Crippen LogP contribution in [0.4, 0.5) is 27.9 Å². The summed E-state index contributed by atoms with van der Waals surface area (Å²) in [4.78, 5) is 24.4. The number of nitrogens with zero attached hydrogens (tertiary/aromatic N) is 3. The molecule has 0 saturated heterocycles. The molecule has 3 rings (SSSR count). The summed E-state index contributed by atoms with van der Waals surface area (Å²) in [6.07, 6.45) is 3.15. The molecule has 0 saturated carbocycles. The van der Waals surface area contributed by atoms with Gasteiger partial charge in [-0.2, -0.15) is 0 Å². The number of halogens is 1. The molecule has 0 unspecified atom stereocenters. The predicted molar refractivity (Wildman–Crippen MR) is 111 cm³/mol. The Kier molecular flexibility index (Phi) is 6.59. The number of anilines is 4. The number of benzene rings is 1. The van der Waals surface area contributed by atoms with Crippen LogP contribution in [0.25, 0.3) is 0 Å². The van der Waals surface area contributed by atoms with Gasteiger partial charge < -0.3 is 21.3 Å². The van der Waals surface area contributed by atoms with Gasteiger partial charge in [-0.15, -0.1) is 0 Å². The monoisotopic (exact) mass is 397 g/mol. The molecule has 28 heavy (non-hydrogen) atoms. The molecule has 2 aromatic heterocycles. The van der Waals surface area contributed by atoms with E-state index in [0.717, 1.165) is 5.56 Å². The lowest BCUT2D eigenvalue weighted by Gasteiger charge is -2.10.